The van der Waals surface area contributed by atoms with Gasteiger partial charge in [0.05, 0.1) is 42.8 Å². The van der Waals surface area contributed by atoms with Crippen molar-refractivity contribution in [1.29, 1.82) is 0 Å². The molecule has 0 unspecified atom stereocenters. The molecule has 24 heavy (non-hydrogen) atoms. The zero-order valence-electron chi connectivity index (χ0n) is 14.0. The van der Waals surface area contributed by atoms with Gasteiger partial charge >= 0.3 is 0 Å². The Morgan fingerprint density at radius 1 is 1.00 bits per heavy atom. The number of fused-ring (bicyclic) bond motifs is 1. The van der Waals surface area contributed by atoms with Crippen LogP contribution in [0.4, 0.5) is 5.95 Å². The van der Waals surface area contributed by atoms with Crippen molar-refractivity contribution in [1.82, 2.24) is 29.5 Å². The van der Waals surface area contributed by atoms with E-state index < -0.39 is 0 Å². The van der Waals surface area contributed by atoms with Crippen LogP contribution >= 0.6 is 0 Å². The number of nitrogens with zero attached hydrogens (tertiary/aromatic N) is 7. The fourth-order valence-electron chi connectivity index (χ4n) is 2.77. The summed E-state index contributed by atoms with van der Waals surface area (Å²) in [6.45, 7) is 6.80. The smallest absolute Gasteiger partial charge is 0.228 e. The van der Waals surface area contributed by atoms with Crippen LogP contribution in [0, 0.1) is 13.8 Å². The van der Waals surface area contributed by atoms with Gasteiger partial charge < -0.3 is 14.2 Å². The van der Waals surface area contributed by atoms with E-state index in [-0.39, 0.29) is 0 Å². The molecular formula is C16H19N7O. The van der Waals surface area contributed by atoms with Gasteiger partial charge in [0.1, 0.15) is 11.2 Å². The Morgan fingerprint density at radius 2 is 1.75 bits per heavy atom. The number of hydrogen-bond donors (Lipinski definition) is 0. The molecule has 1 aliphatic heterocycles. The maximum atomic E-state index is 5.43. The minimum atomic E-state index is 0.616. The average molecular weight is 325 g/mol. The molecule has 0 spiro atoms. The molecule has 0 aromatic carbocycles. The molecule has 0 aliphatic carbocycles. The second kappa shape index (κ2) is 5.79. The van der Waals surface area contributed by atoms with E-state index in [1.54, 1.807) is 12.5 Å². The number of anilines is 1. The molecule has 124 valence electrons. The maximum Gasteiger partial charge on any atom is 0.228 e. The first kappa shape index (κ1) is 14.9. The predicted molar refractivity (Wildman–Crippen MR) is 89.8 cm³/mol. The number of imidazole rings is 1. The molecule has 3 aromatic heterocycles. The largest absolute Gasteiger partial charge is 0.378 e. The maximum absolute atomic E-state index is 5.43. The SMILES string of the molecule is Cc1nc2nc(N3CCOCC3)nc(-c3cncn3C)c2nc1C. The second-order valence-corrected chi connectivity index (χ2v) is 5.93. The number of ether oxygens (including phenoxy) is 1. The van der Waals surface area contributed by atoms with Gasteiger partial charge in [-0.1, -0.05) is 0 Å². The summed E-state index contributed by atoms with van der Waals surface area (Å²) in [4.78, 5) is 25.1. The first-order valence-corrected chi connectivity index (χ1v) is 7.96. The van der Waals surface area contributed by atoms with Gasteiger partial charge in [-0.15, -0.1) is 0 Å². The molecule has 4 heterocycles. The summed E-state index contributed by atoms with van der Waals surface area (Å²) in [5.41, 5.74) is 4.75. The van der Waals surface area contributed by atoms with Gasteiger partial charge in [0.15, 0.2) is 5.65 Å². The quantitative estimate of drug-likeness (QED) is 0.702. The fourth-order valence-corrected chi connectivity index (χ4v) is 2.77. The lowest BCUT2D eigenvalue weighted by Crippen LogP contribution is -2.37. The van der Waals surface area contributed by atoms with Gasteiger partial charge in [0, 0.05) is 20.1 Å². The third kappa shape index (κ3) is 2.48. The van der Waals surface area contributed by atoms with Crippen LogP contribution in [-0.2, 0) is 11.8 Å². The molecule has 4 rings (SSSR count). The Labute approximate surface area is 139 Å². The fraction of sp³-hybridized carbons (Fsp3) is 0.438. The third-order valence-electron chi connectivity index (χ3n) is 4.28. The monoisotopic (exact) mass is 325 g/mol. The van der Waals surface area contributed by atoms with Crippen molar-refractivity contribution in [3.05, 3.63) is 23.9 Å². The van der Waals surface area contributed by atoms with Crippen molar-refractivity contribution in [2.75, 3.05) is 31.2 Å². The van der Waals surface area contributed by atoms with Crippen molar-refractivity contribution in [3.8, 4) is 11.4 Å². The van der Waals surface area contributed by atoms with Crippen LogP contribution in [0.5, 0.6) is 0 Å². The molecule has 0 radical (unpaired) electrons. The number of hydrogen-bond acceptors (Lipinski definition) is 7. The van der Waals surface area contributed by atoms with E-state index in [9.17, 15) is 0 Å². The Kier molecular flexibility index (Phi) is 3.61. The number of morpholine rings is 1. The summed E-state index contributed by atoms with van der Waals surface area (Å²) in [5, 5.41) is 0. The van der Waals surface area contributed by atoms with Crippen LogP contribution in [0.3, 0.4) is 0 Å². The highest BCUT2D eigenvalue weighted by Gasteiger charge is 2.20. The summed E-state index contributed by atoms with van der Waals surface area (Å²) in [6, 6.07) is 0. The normalized spacial score (nSPS) is 15.2. The summed E-state index contributed by atoms with van der Waals surface area (Å²) in [6.07, 6.45) is 3.55. The lowest BCUT2D eigenvalue weighted by Gasteiger charge is -2.27. The van der Waals surface area contributed by atoms with E-state index in [2.05, 4.69) is 24.8 Å². The molecule has 1 fully saturated rings. The van der Waals surface area contributed by atoms with Gasteiger partial charge in [0.25, 0.3) is 0 Å². The summed E-state index contributed by atoms with van der Waals surface area (Å²) in [5.74, 6) is 0.666. The zero-order chi connectivity index (χ0) is 16.7. The number of aromatic nitrogens is 6. The van der Waals surface area contributed by atoms with E-state index in [4.69, 9.17) is 9.72 Å². The lowest BCUT2D eigenvalue weighted by molar-refractivity contribution is 0.122. The molecule has 3 aromatic rings. The van der Waals surface area contributed by atoms with Crippen LogP contribution in [0.15, 0.2) is 12.5 Å². The van der Waals surface area contributed by atoms with Crippen LogP contribution in [0.1, 0.15) is 11.4 Å². The molecule has 0 bridgehead atoms. The lowest BCUT2D eigenvalue weighted by atomic mass is 10.2. The predicted octanol–water partition coefficient (Wildman–Crippen LogP) is 1.27. The molecule has 1 aliphatic rings. The molecule has 0 saturated carbocycles. The third-order valence-corrected chi connectivity index (χ3v) is 4.28. The molecule has 0 atom stereocenters. The highest BCUT2D eigenvalue weighted by atomic mass is 16.5. The van der Waals surface area contributed by atoms with Crippen LogP contribution in [0.2, 0.25) is 0 Å². The highest BCUT2D eigenvalue weighted by Crippen LogP contribution is 2.26. The Morgan fingerprint density at radius 3 is 2.46 bits per heavy atom. The number of aryl methyl sites for hydroxylation is 3. The summed E-state index contributed by atoms with van der Waals surface area (Å²) >= 11 is 0. The zero-order valence-corrected chi connectivity index (χ0v) is 14.0. The summed E-state index contributed by atoms with van der Waals surface area (Å²) in [7, 11) is 1.94. The Bertz CT molecular complexity index is 899. The molecule has 1 saturated heterocycles. The van der Waals surface area contributed by atoms with Gasteiger partial charge in [0.2, 0.25) is 5.95 Å². The van der Waals surface area contributed by atoms with Crippen LogP contribution in [0.25, 0.3) is 22.6 Å². The van der Waals surface area contributed by atoms with Gasteiger partial charge in [-0.25, -0.2) is 19.9 Å². The minimum absolute atomic E-state index is 0.616. The Balaban J connectivity index is 1.96. The van der Waals surface area contributed by atoms with E-state index in [0.29, 0.717) is 30.3 Å². The molecule has 8 heteroatoms. The van der Waals surface area contributed by atoms with Crippen LogP contribution < -0.4 is 4.90 Å². The molecule has 8 nitrogen and oxygen atoms in total. The molecule has 0 N–H and O–H groups in total. The first-order valence-electron chi connectivity index (χ1n) is 7.96. The average Bonchev–Trinajstić information content (AvgIpc) is 3.02. The van der Waals surface area contributed by atoms with Gasteiger partial charge in [-0.05, 0) is 13.8 Å². The highest BCUT2D eigenvalue weighted by molar-refractivity contribution is 5.86. The van der Waals surface area contributed by atoms with Crippen molar-refractivity contribution < 1.29 is 4.74 Å². The van der Waals surface area contributed by atoms with Crippen molar-refractivity contribution >= 4 is 17.1 Å². The number of rotatable bonds is 2. The van der Waals surface area contributed by atoms with Crippen molar-refractivity contribution in [2.45, 2.75) is 13.8 Å². The topological polar surface area (TPSA) is 81.9 Å². The van der Waals surface area contributed by atoms with E-state index in [1.165, 1.54) is 0 Å². The van der Waals surface area contributed by atoms with E-state index in [1.807, 2.05) is 25.5 Å². The molecular weight excluding hydrogens is 306 g/mol. The van der Waals surface area contributed by atoms with Gasteiger partial charge in [-0.2, -0.15) is 4.98 Å². The van der Waals surface area contributed by atoms with Gasteiger partial charge in [-0.3, -0.25) is 0 Å². The second-order valence-electron chi connectivity index (χ2n) is 5.93. The van der Waals surface area contributed by atoms with Crippen molar-refractivity contribution in [2.24, 2.45) is 7.05 Å². The van der Waals surface area contributed by atoms with E-state index >= 15 is 0 Å². The summed E-state index contributed by atoms with van der Waals surface area (Å²) < 4.78 is 7.36. The van der Waals surface area contributed by atoms with Crippen LogP contribution in [-0.4, -0.2) is 55.8 Å². The standard InChI is InChI=1S/C16H19N7O/c1-10-11(2)19-15-14(18-10)13(12-8-17-9-22(12)3)20-16(21-15)23-4-6-24-7-5-23/h8-9H,4-7H2,1-3H3. The van der Waals surface area contributed by atoms with E-state index in [0.717, 1.165) is 35.9 Å². The van der Waals surface area contributed by atoms with Crippen molar-refractivity contribution in [3.63, 3.8) is 0 Å². The minimum Gasteiger partial charge on any atom is -0.378 e. The Hall–Kier alpha value is -2.61. The molecule has 0 amide bonds. The first-order chi connectivity index (χ1) is 11.6.